The Morgan fingerprint density at radius 3 is 2.69 bits per heavy atom. The first kappa shape index (κ1) is 11.6. The summed E-state index contributed by atoms with van der Waals surface area (Å²) in [5.74, 6) is -0.205. The van der Waals surface area contributed by atoms with Crippen LogP contribution in [0, 0.1) is 5.82 Å². The molecule has 1 aliphatic rings. The highest BCUT2D eigenvalue weighted by Gasteiger charge is 2.32. The predicted molar refractivity (Wildman–Crippen MR) is 61.5 cm³/mol. The fourth-order valence-electron chi connectivity index (χ4n) is 2.38. The number of aliphatic hydroxyl groups excluding tert-OH is 1. The molecular formula is C13H18FNO. The van der Waals surface area contributed by atoms with Crippen molar-refractivity contribution in [3.8, 4) is 0 Å². The van der Waals surface area contributed by atoms with Gasteiger partial charge in [0, 0.05) is 12.1 Å². The Kier molecular flexibility index (Phi) is 3.56. The van der Waals surface area contributed by atoms with Crippen LogP contribution >= 0.6 is 0 Å². The highest BCUT2D eigenvalue weighted by atomic mass is 19.1. The molecule has 0 unspecified atom stereocenters. The van der Waals surface area contributed by atoms with E-state index in [1.54, 1.807) is 6.07 Å². The lowest BCUT2D eigenvalue weighted by atomic mass is 9.98. The minimum atomic E-state index is -0.205. The Bertz CT molecular complexity index is 348. The number of benzene rings is 1. The number of hydrogen-bond donors (Lipinski definition) is 2. The second kappa shape index (κ2) is 4.93. The molecule has 3 heteroatoms. The third-order valence-electron chi connectivity index (χ3n) is 3.42. The highest BCUT2D eigenvalue weighted by Crippen LogP contribution is 2.29. The maximum atomic E-state index is 13.0. The van der Waals surface area contributed by atoms with Crippen molar-refractivity contribution in [2.75, 3.05) is 6.61 Å². The lowest BCUT2D eigenvalue weighted by Crippen LogP contribution is -2.45. The summed E-state index contributed by atoms with van der Waals surface area (Å²) in [7, 11) is 0. The van der Waals surface area contributed by atoms with Crippen molar-refractivity contribution in [1.82, 2.24) is 5.32 Å². The van der Waals surface area contributed by atoms with Gasteiger partial charge in [-0.2, -0.15) is 0 Å². The highest BCUT2D eigenvalue weighted by molar-refractivity contribution is 5.16. The normalized spacial score (nSPS) is 18.9. The fraction of sp³-hybridized carbons (Fsp3) is 0.538. The Morgan fingerprint density at radius 1 is 1.31 bits per heavy atom. The van der Waals surface area contributed by atoms with Gasteiger partial charge in [0.05, 0.1) is 6.61 Å². The minimum absolute atomic E-state index is 0.133. The van der Waals surface area contributed by atoms with Gasteiger partial charge >= 0.3 is 0 Å². The predicted octanol–water partition coefficient (Wildman–Crippen LogP) is 2.22. The zero-order valence-electron chi connectivity index (χ0n) is 9.38. The summed E-state index contributed by atoms with van der Waals surface area (Å²) in [5.41, 5.74) is 0.798. The van der Waals surface area contributed by atoms with Gasteiger partial charge in [0.15, 0.2) is 0 Å². The van der Waals surface area contributed by atoms with Crippen molar-refractivity contribution in [3.63, 3.8) is 0 Å². The first-order valence-corrected chi connectivity index (χ1v) is 5.84. The first-order chi connectivity index (χ1) is 7.74. The van der Waals surface area contributed by atoms with Crippen LogP contribution in [0.1, 0.15) is 31.2 Å². The third kappa shape index (κ3) is 2.60. The molecule has 2 nitrogen and oxygen atoms in total. The van der Waals surface area contributed by atoms with E-state index >= 15 is 0 Å². The van der Waals surface area contributed by atoms with Crippen LogP contribution in [0.15, 0.2) is 24.3 Å². The molecule has 1 aromatic carbocycles. The van der Waals surface area contributed by atoms with Crippen molar-refractivity contribution in [2.24, 2.45) is 0 Å². The summed E-state index contributed by atoms with van der Waals surface area (Å²) in [4.78, 5) is 0. The number of rotatable bonds is 4. The SMILES string of the molecule is OCC1(NCc2cccc(F)c2)CCCC1. The van der Waals surface area contributed by atoms with Crippen LogP contribution in [0.5, 0.6) is 0 Å². The van der Waals surface area contributed by atoms with E-state index in [9.17, 15) is 9.50 Å². The van der Waals surface area contributed by atoms with Gasteiger partial charge in [-0.15, -0.1) is 0 Å². The molecule has 1 aliphatic carbocycles. The molecule has 2 rings (SSSR count). The van der Waals surface area contributed by atoms with Crippen molar-refractivity contribution in [2.45, 2.75) is 37.8 Å². The van der Waals surface area contributed by atoms with Crippen LogP contribution in [0.4, 0.5) is 4.39 Å². The minimum Gasteiger partial charge on any atom is -0.394 e. The summed E-state index contributed by atoms with van der Waals surface area (Å²) in [6.07, 6.45) is 4.35. The molecule has 0 heterocycles. The lowest BCUT2D eigenvalue weighted by molar-refractivity contribution is 0.163. The molecule has 1 saturated carbocycles. The Morgan fingerprint density at radius 2 is 2.06 bits per heavy atom. The summed E-state index contributed by atoms with van der Waals surface area (Å²) >= 11 is 0. The summed E-state index contributed by atoms with van der Waals surface area (Å²) < 4.78 is 13.0. The fourth-order valence-corrected chi connectivity index (χ4v) is 2.38. The molecule has 0 spiro atoms. The van der Waals surface area contributed by atoms with Crippen molar-refractivity contribution < 1.29 is 9.50 Å². The third-order valence-corrected chi connectivity index (χ3v) is 3.42. The first-order valence-electron chi connectivity index (χ1n) is 5.84. The average molecular weight is 223 g/mol. The number of hydrogen-bond acceptors (Lipinski definition) is 2. The molecule has 0 bridgehead atoms. The monoisotopic (exact) mass is 223 g/mol. The van der Waals surface area contributed by atoms with Crippen molar-refractivity contribution in [1.29, 1.82) is 0 Å². The van der Waals surface area contributed by atoms with Crippen LogP contribution in [-0.4, -0.2) is 17.3 Å². The lowest BCUT2D eigenvalue weighted by Gasteiger charge is -2.28. The number of nitrogens with one attached hydrogen (secondary N) is 1. The molecule has 16 heavy (non-hydrogen) atoms. The zero-order chi connectivity index (χ0) is 11.4. The molecule has 0 saturated heterocycles. The van der Waals surface area contributed by atoms with E-state index in [-0.39, 0.29) is 18.0 Å². The van der Waals surface area contributed by atoms with Crippen LogP contribution in [0.3, 0.4) is 0 Å². The van der Waals surface area contributed by atoms with Crippen molar-refractivity contribution >= 4 is 0 Å². The van der Waals surface area contributed by atoms with Crippen molar-refractivity contribution in [3.05, 3.63) is 35.6 Å². The summed E-state index contributed by atoms with van der Waals surface area (Å²) in [6.45, 7) is 0.792. The van der Waals surface area contributed by atoms with Gasteiger partial charge in [0.25, 0.3) is 0 Å². The molecule has 88 valence electrons. The maximum Gasteiger partial charge on any atom is 0.123 e. The van der Waals surface area contributed by atoms with Gasteiger partial charge in [-0.3, -0.25) is 0 Å². The smallest absolute Gasteiger partial charge is 0.123 e. The van der Waals surface area contributed by atoms with E-state index < -0.39 is 0 Å². The number of halogens is 1. The molecule has 0 radical (unpaired) electrons. The standard InChI is InChI=1S/C13H18FNO/c14-12-5-3-4-11(8-12)9-15-13(10-16)6-1-2-7-13/h3-5,8,15-16H,1-2,6-7,9-10H2. The van der Waals surface area contributed by atoms with Gasteiger partial charge in [-0.1, -0.05) is 25.0 Å². The number of aliphatic hydroxyl groups is 1. The molecular weight excluding hydrogens is 205 g/mol. The van der Waals surface area contributed by atoms with E-state index in [1.165, 1.54) is 12.1 Å². The molecule has 0 amide bonds. The summed E-state index contributed by atoms with van der Waals surface area (Å²) in [6, 6.07) is 6.59. The quantitative estimate of drug-likeness (QED) is 0.820. The van der Waals surface area contributed by atoms with E-state index in [2.05, 4.69) is 5.32 Å². The maximum absolute atomic E-state index is 13.0. The Labute approximate surface area is 95.5 Å². The Balaban J connectivity index is 1.95. The molecule has 0 atom stereocenters. The van der Waals surface area contributed by atoms with Gasteiger partial charge < -0.3 is 10.4 Å². The Hall–Kier alpha value is -0.930. The van der Waals surface area contributed by atoms with E-state index in [4.69, 9.17) is 0 Å². The van der Waals surface area contributed by atoms with Crippen LogP contribution in [0.2, 0.25) is 0 Å². The van der Waals surface area contributed by atoms with Crippen LogP contribution in [-0.2, 0) is 6.54 Å². The van der Waals surface area contributed by atoms with E-state index in [0.29, 0.717) is 6.54 Å². The molecule has 0 aromatic heterocycles. The van der Waals surface area contributed by atoms with Gasteiger partial charge in [0.2, 0.25) is 0 Å². The van der Waals surface area contributed by atoms with Gasteiger partial charge in [-0.05, 0) is 30.5 Å². The van der Waals surface area contributed by atoms with Crippen LogP contribution in [0.25, 0.3) is 0 Å². The van der Waals surface area contributed by atoms with Crippen LogP contribution < -0.4 is 5.32 Å². The zero-order valence-corrected chi connectivity index (χ0v) is 9.38. The molecule has 1 fully saturated rings. The van der Waals surface area contributed by atoms with Gasteiger partial charge in [-0.25, -0.2) is 4.39 Å². The van der Waals surface area contributed by atoms with E-state index in [0.717, 1.165) is 31.2 Å². The molecule has 0 aliphatic heterocycles. The second-order valence-electron chi connectivity index (χ2n) is 4.63. The molecule has 2 N–H and O–H groups in total. The topological polar surface area (TPSA) is 32.3 Å². The average Bonchev–Trinajstić information content (AvgIpc) is 2.76. The van der Waals surface area contributed by atoms with E-state index in [1.807, 2.05) is 6.07 Å². The largest absolute Gasteiger partial charge is 0.394 e. The second-order valence-corrected chi connectivity index (χ2v) is 4.63. The summed E-state index contributed by atoms with van der Waals surface area (Å²) in [5, 5.41) is 12.8. The van der Waals surface area contributed by atoms with Gasteiger partial charge in [0.1, 0.15) is 5.82 Å². The molecule has 1 aromatic rings.